The molecular formula is C36H39Cl2N3O6S. The van der Waals surface area contributed by atoms with Crippen LogP contribution in [0.25, 0.3) is 0 Å². The fourth-order valence-electron chi connectivity index (χ4n) is 5.05. The monoisotopic (exact) mass is 711 g/mol. The number of rotatable bonds is 15. The first-order chi connectivity index (χ1) is 23.0. The lowest BCUT2D eigenvalue weighted by Gasteiger charge is -2.34. The molecule has 2 atom stereocenters. The van der Waals surface area contributed by atoms with E-state index in [1.165, 1.54) is 61.6 Å². The fraction of sp³-hybridized carbons (Fsp3) is 0.278. The van der Waals surface area contributed by atoms with Crippen LogP contribution in [-0.4, -0.2) is 58.0 Å². The first kappa shape index (κ1) is 36.6. The highest BCUT2D eigenvalue weighted by molar-refractivity contribution is 7.92. The summed E-state index contributed by atoms with van der Waals surface area (Å²) in [7, 11) is -1.53. The highest BCUT2D eigenvalue weighted by atomic mass is 35.5. The number of anilines is 1. The van der Waals surface area contributed by atoms with Gasteiger partial charge in [-0.2, -0.15) is 0 Å². The van der Waals surface area contributed by atoms with E-state index in [0.717, 1.165) is 9.87 Å². The second kappa shape index (κ2) is 16.7. The number of methoxy groups -OCH3 is 2. The van der Waals surface area contributed by atoms with Crippen LogP contribution >= 0.6 is 23.2 Å². The van der Waals surface area contributed by atoms with Gasteiger partial charge < -0.3 is 19.7 Å². The van der Waals surface area contributed by atoms with Gasteiger partial charge >= 0.3 is 0 Å². The van der Waals surface area contributed by atoms with E-state index in [1.807, 2.05) is 44.2 Å². The zero-order valence-electron chi connectivity index (χ0n) is 27.2. The molecule has 0 aliphatic carbocycles. The quantitative estimate of drug-likeness (QED) is 0.146. The molecule has 0 heterocycles. The number of carbonyl (C=O) groups excluding carboxylic acids is 2. The van der Waals surface area contributed by atoms with E-state index in [9.17, 15) is 18.0 Å². The summed E-state index contributed by atoms with van der Waals surface area (Å²) in [5, 5.41) is 3.81. The van der Waals surface area contributed by atoms with Gasteiger partial charge in [-0.3, -0.25) is 13.9 Å². The smallest absolute Gasteiger partial charge is 0.264 e. The highest BCUT2D eigenvalue weighted by Crippen LogP contribution is 2.33. The molecule has 0 aliphatic heterocycles. The molecule has 0 saturated carbocycles. The van der Waals surface area contributed by atoms with Crippen molar-refractivity contribution in [2.24, 2.45) is 0 Å². The lowest BCUT2D eigenvalue weighted by molar-refractivity contribution is -0.140. The number of hydrogen-bond acceptors (Lipinski definition) is 6. The van der Waals surface area contributed by atoms with Gasteiger partial charge in [0.15, 0.2) is 11.5 Å². The number of nitrogens with zero attached hydrogens (tertiary/aromatic N) is 2. The van der Waals surface area contributed by atoms with Crippen molar-refractivity contribution in [3.63, 3.8) is 0 Å². The highest BCUT2D eigenvalue weighted by Gasteiger charge is 2.35. The van der Waals surface area contributed by atoms with Gasteiger partial charge in [0, 0.05) is 35.1 Å². The van der Waals surface area contributed by atoms with Crippen LogP contribution in [-0.2, 0) is 32.6 Å². The van der Waals surface area contributed by atoms with Crippen LogP contribution in [0.15, 0.2) is 102 Å². The largest absolute Gasteiger partial charge is 0.493 e. The van der Waals surface area contributed by atoms with Gasteiger partial charge in [0.25, 0.3) is 10.0 Å². The Labute approximate surface area is 292 Å². The molecule has 0 saturated heterocycles. The molecule has 0 aromatic heterocycles. The molecule has 4 aromatic rings. The maximum Gasteiger partial charge on any atom is 0.264 e. The van der Waals surface area contributed by atoms with Gasteiger partial charge in [0.1, 0.15) is 12.6 Å². The van der Waals surface area contributed by atoms with E-state index in [1.54, 1.807) is 24.3 Å². The van der Waals surface area contributed by atoms with E-state index in [4.69, 9.17) is 32.7 Å². The number of amides is 2. The molecule has 2 unspecified atom stereocenters. The molecule has 254 valence electrons. The summed E-state index contributed by atoms with van der Waals surface area (Å²) in [5.41, 5.74) is 1.62. The number of hydrogen-bond donors (Lipinski definition) is 1. The first-order valence-electron chi connectivity index (χ1n) is 15.4. The summed E-state index contributed by atoms with van der Waals surface area (Å²) in [6, 6.07) is 25.5. The van der Waals surface area contributed by atoms with Crippen LogP contribution in [0, 0.1) is 0 Å². The summed E-state index contributed by atoms with van der Waals surface area (Å²) in [6.07, 6.45) is 0.860. The maximum absolute atomic E-state index is 14.6. The number of carbonyl (C=O) groups is 2. The molecule has 0 spiro atoms. The van der Waals surface area contributed by atoms with E-state index in [0.29, 0.717) is 27.8 Å². The molecule has 2 amide bonds. The van der Waals surface area contributed by atoms with Crippen molar-refractivity contribution in [2.75, 3.05) is 25.1 Å². The molecule has 0 fully saturated rings. The molecular weight excluding hydrogens is 673 g/mol. The Hall–Kier alpha value is -4.25. The van der Waals surface area contributed by atoms with Crippen LogP contribution in [0.3, 0.4) is 0 Å². The Bertz CT molecular complexity index is 1810. The molecule has 4 rings (SSSR count). The minimum absolute atomic E-state index is 0.0468. The molecule has 0 radical (unpaired) electrons. The minimum atomic E-state index is -4.38. The molecule has 12 heteroatoms. The summed E-state index contributed by atoms with van der Waals surface area (Å²) in [6.45, 7) is 3.15. The van der Waals surface area contributed by atoms with Crippen molar-refractivity contribution in [2.45, 2.75) is 50.2 Å². The van der Waals surface area contributed by atoms with E-state index < -0.39 is 28.5 Å². The zero-order valence-corrected chi connectivity index (χ0v) is 29.6. The Morgan fingerprint density at radius 3 is 2.12 bits per heavy atom. The van der Waals surface area contributed by atoms with Crippen molar-refractivity contribution >= 4 is 50.7 Å². The zero-order chi connectivity index (χ0) is 34.8. The third kappa shape index (κ3) is 9.00. The predicted molar refractivity (Wildman–Crippen MR) is 189 cm³/mol. The lowest BCUT2D eigenvalue weighted by Crippen LogP contribution is -2.54. The molecule has 9 nitrogen and oxygen atoms in total. The van der Waals surface area contributed by atoms with Crippen molar-refractivity contribution in [3.05, 3.63) is 118 Å². The third-order valence-corrected chi connectivity index (χ3v) is 10.3. The summed E-state index contributed by atoms with van der Waals surface area (Å²) in [4.78, 5) is 29.9. The van der Waals surface area contributed by atoms with Gasteiger partial charge in [-0.1, -0.05) is 78.7 Å². The van der Waals surface area contributed by atoms with Gasteiger partial charge in [0.05, 0.1) is 24.8 Å². The van der Waals surface area contributed by atoms with E-state index in [-0.39, 0.29) is 41.2 Å². The van der Waals surface area contributed by atoms with E-state index >= 15 is 0 Å². The molecule has 48 heavy (non-hydrogen) atoms. The predicted octanol–water partition coefficient (Wildman–Crippen LogP) is 6.76. The number of nitrogens with one attached hydrogen (secondary N) is 1. The van der Waals surface area contributed by atoms with Crippen molar-refractivity contribution in [1.82, 2.24) is 10.2 Å². The lowest BCUT2D eigenvalue weighted by atomic mass is 10.0. The fourth-order valence-corrected chi connectivity index (χ4v) is 6.80. The summed E-state index contributed by atoms with van der Waals surface area (Å²) < 4.78 is 40.4. The summed E-state index contributed by atoms with van der Waals surface area (Å²) in [5.74, 6) is -0.443. The van der Waals surface area contributed by atoms with Crippen LogP contribution in [0.4, 0.5) is 5.69 Å². The molecule has 1 N–H and O–H groups in total. The topological polar surface area (TPSA) is 105 Å². The SMILES string of the molecule is CCC(C)NC(=O)C(Cc1ccccc1)N(Cc1ccccc1Cl)C(=O)CN(c1ccc(Cl)cc1)S(=O)(=O)c1ccc(OC)c(OC)c1. The Kier molecular flexibility index (Phi) is 12.7. The summed E-state index contributed by atoms with van der Waals surface area (Å²) >= 11 is 12.7. The normalized spacial score (nSPS) is 12.5. The minimum Gasteiger partial charge on any atom is -0.493 e. The average molecular weight is 713 g/mol. The van der Waals surface area contributed by atoms with Gasteiger partial charge in [-0.15, -0.1) is 0 Å². The molecule has 0 bridgehead atoms. The number of halogens is 2. The third-order valence-electron chi connectivity index (χ3n) is 7.91. The Morgan fingerprint density at radius 2 is 1.50 bits per heavy atom. The van der Waals surface area contributed by atoms with Gasteiger partial charge in [0.2, 0.25) is 11.8 Å². The van der Waals surface area contributed by atoms with Gasteiger partial charge in [-0.05, 0) is 66.9 Å². The first-order valence-corrected chi connectivity index (χ1v) is 17.6. The number of benzene rings is 4. The van der Waals surface area contributed by atoms with Crippen molar-refractivity contribution in [1.29, 1.82) is 0 Å². The van der Waals surface area contributed by atoms with Crippen molar-refractivity contribution < 1.29 is 27.5 Å². The van der Waals surface area contributed by atoms with Gasteiger partial charge in [-0.25, -0.2) is 8.42 Å². The second-order valence-electron chi connectivity index (χ2n) is 11.1. The van der Waals surface area contributed by atoms with Crippen LogP contribution in [0.5, 0.6) is 11.5 Å². The Morgan fingerprint density at radius 1 is 0.854 bits per heavy atom. The number of sulfonamides is 1. The number of ether oxygens (including phenoxy) is 2. The standard InChI is InChI=1S/C36H39Cl2N3O6S/c1-5-25(2)39-36(43)32(21-26-11-7-6-8-12-26)40(23-27-13-9-10-14-31(27)38)35(42)24-41(29-17-15-28(37)16-18-29)48(44,45)30-19-20-33(46-3)34(22-30)47-4/h6-20,22,25,32H,5,21,23-24H2,1-4H3,(H,39,43). The molecule has 0 aliphatic rings. The second-order valence-corrected chi connectivity index (χ2v) is 13.8. The van der Waals surface area contributed by atoms with Crippen LogP contribution in [0.1, 0.15) is 31.4 Å². The van der Waals surface area contributed by atoms with Crippen LogP contribution < -0.4 is 19.1 Å². The average Bonchev–Trinajstić information content (AvgIpc) is 3.09. The Balaban J connectivity index is 1.84. The van der Waals surface area contributed by atoms with Crippen LogP contribution in [0.2, 0.25) is 10.0 Å². The van der Waals surface area contributed by atoms with E-state index in [2.05, 4.69) is 5.32 Å². The molecule has 4 aromatic carbocycles. The maximum atomic E-state index is 14.6. The van der Waals surface area contributed by atoms with Crippen molar-refractivity contribution in [3.8, 4) is 11.5 Å².